The van der Waals surface area contributed by atoms with Crippen LogP contribution in [0.3, 0.4) is 0 Å². The second kappa shape index (κ2) is 8.50. The van der Waals surface area contributed by atoms with Crippen LogP contribution in [0.1, 0.15) is 52.0 Å². The van der Waals surface area contributed by atoms with E-state index in [1.807, 2.05) is 31.7 Å². The van der Waals surface area contributed by atoms with Gasteiger partial charge in [0.05, 0.1) is 0 Å². The Hall–Kier alpha value is -1.46. The van der Waals surface area contributed by atoms with Crippen molar-refractivity contribution >= 4 is 35.2 Å². The number of rotatable bonds is 4. The number of likely N-dealkylation sites (tertiary alicyclic amines) is 1. The van der Waals surface area contributed by atoms with Crippen LogP contribution in [0.2, 0.25) is 10.0 Å². The van der Waals surface area contributed by atoms with E-state index < -0.39 is 5.60 Å². The quantitative estimate of drug-likeness (QED) is 0.669. The van der Waals surface area contributed by atoms with Gasteiger partial charge in [0.1, 0.15) is 5.60 Å². The van der Waals surface area contributed by atoms with E-state index in [0.29, 0.717) is 42.5 Å². The van der Waals surface area contributed by atoms with E-state index in [1.54, 1.807) is 17.0 Å². The molecule has 0 N–H and O–H groups in total. The molecule has 5 nitrogen and oxygen atoms in total. The van der Waals surface area contributed by atoms with Crippen molar-refractivity contribution in [2.45, 2.75) is 64.6 Å². The number of carbonyl (C=O) groups is 2. The van der Waals surface area contributed by atoms with Crippen LogP contribution in [0.4, 0.5) is 4.79 Å². The number of piperidine rings is 1. The van der Waals surface area contributed by atoms with Crippen LogP contribution in [0.25, 0.3) is 0 Å². The van der Waals surface area contributed by atoms with Crippen molar-refractivity contribution in [2.75, 3.05) is 13.1 Å². The number of nitrogens with zero attached hydrogens (tertiary/aromatic N) is 2. The van der Waals surface area contributed by atoms with E-state index in [4.69, 9.17) is 27.9 Å². The minimum Gasteiger partial charge on any atom is -0.444 e. The first-order chi connectivity index (χ1) is 13.1. The highest BCUT2D eigenvalue weighted by molar-refractivity contribution is 6.33. The van der Waals surface area contributed by atoms with Gasteiger partial charge in [-0.1, -0.05) is 23.2 Å². The van der Waals surface area contributed by atoms with Gasteiger partial charge in [0.2, 0.25) is 5.91 Å². The summed E-state index contributed by atoms with van der Waals surface area (Å²) in [6.45, 7) is 7.14. The van der Waals surface area contributed by atoms with Crippen LogP contribution < -0.4 is 0 Å². The minimum absolute atomic E-state index is 0.0720. The van der Waals surface area contributed by atoms with Crippen molar-refractivity contribution in [1.82, 2.24) is 9.80 Å². The summed E-state index contributed by atoms with van der Waals surface area (Å²) in [4.78, 5) is 29.1. The Bertz CT molecular complexity index is 736. The van der Waals surface area contributed by atoms with Crippen molar-refractivity contribution in [3.05, 3.63) is 33.8 Å². The Balaban J connectivity index is 1.61. The molecule has 28 heavy (non-hydrogen) atoms. The lowest BCUT2D eigenvalue weighted by Gasteiger charge is -2.35. The van der Waals surface area contributed by atoms with Gasteiger partial charge in [0.15, 0.2) is 0 Å². The first kappa shape index (κ1) is 21.3. The average Bonchev–Trinajstić information content (AvgIpc) is 3.45. The smallest absolute Gasteiger partial charge is 0.410 e. The highest BCUT2D eigenvalue weighted by Crippen LogP contribution is 2.33. The van der Waals surface area contributed by atoms with Crippen molar-refractivity contribution < 1.29 is 14.3 Å². The number of benzene rings is 1. The van der Waals surface area contributed by atoms with Crippen molar-refractivity contribution in [3.63, 3.8) is 0 Å². The maximum absolute atomic E-state index is 13.2. The van der Waals surface area contributed by atoms with Crippen LogP contribution in [0.15, 0.2) is 18.2 Å². The van der Waals surface area contributed by atoms with E-state index in [9.17, 15) is 9.59 Å². The fraction of sp³-hybridized carbons (Fsp3) is 0.619. The Morgan fingerprint density at radius 3 is 2.36 bits per heavy atom. The van der Waals surface area contributed by atoms with Crippen LogP contribution in [0.5, 0.6) is 0 Å². The third-order valence-electron chi connectivity index (χ3n) is 5.12. The van der Waals surface area contributed by atoms with Gasteiger partial charge in [0, 0.05) is 41.6 Å². The molecule has 1 heterocycles. The van der Waals surface area contributed by atoms with E-state index in [-0.39, 0.29) is 24.0 Å². The Kier molecular flexibility index (Phi) is 6.45. The summed E-state index contributed by atoms with van der Waals surface area (Å²) in [7, 11) is 0. The fourth-order valence-electron chi connectivity index (χ4n) is 3.49. The lowest BCUT2D eigenvalue weighted by atomic mass is 9.95. The Morgan fingerprint density at radius 1 is 1.14 bits per heavy atom. The van der Waals surface area contributed by atoms with Gasteiger partial charge in [0.25, 0.3) is 0 Å². The monoisotopic (exact) mass is 426 g/mol. The molecule has 0 spiro atoms. The zero-order chi connectivity index (χ0) is 20.5. The molecule has 1 aliphatic carbocycles. The molecule has 2 fully saturated rings. The number of carbonyl (C=O) groups excluding carboxylic acids is 2. The standard InChI is InChI=1S/C21H28Cl2N2O3/c1-21(2,3)28-20(27)24-10-8-14(9-11-24)19(26)25(17-5-6-17)13-15-12-16(22)4-7-18(15)23/h4,7,12,14,17H,5-6,8-11,13H2,1-3H3. The summed E-state index contributed by atoms with van der Waals surface area (Å²) < 4.78 is 5.44. The second-order valence-corrected chi connectivity index (χ2v) is 9.52. The maximum atomic E-state index is 13.2. The molecule has 0 unspecified atom stereocenters. The first-order valence-corrected chi connectivity index (χ1v) is 10.6. The van der Waals surface area contributed by atoms with E-state index >= 15 is 0 Å². The molecular weight excluding hydrogens is 399 g/mol. The molecule has 3 rings (SSSR count). The SMILES string of the molecule is CC(C)(C)OC(=O)N1CCC(C(=O)N(Cc2cc(Cl)ccc2Cl)C2CC2)CC1. The molecule has 0 atom stereocenters. The summed E-state index contributed by atoms with van der Waals surface area (Å²) >= 11 is 12.4. The van der Waals surface area contributed by atoms with Crippen LogP contribution in [-0.2, 0) is 16.1 Å². The molecular formula is C21H28Cl2N2O3. The molecule has 1 saturated carbocycles. The van der Waals surface area contributed by atoms with Crippen molar-refractivity contribution in [2.24, 2.45) is 5.92 Å². The molecule has 1 saturated heterocycles. The largest absolute Gasteiger partial charge is 0.444 e. The fourth-order valence-corrected chi connectivity index (χ4v) is 3.86. The Labute approximate surface area is 176 Å². The highest BCUT2D eigenvalue weighted by Gasteiger charge is 2.38. The zero-order valence-electron chi connectivity index (χ0n) is 16.7. The summed E-state index contributed by atoms with van der Waals surface area (Å²) in [5.74, 6) is 0.0830. The van der Waals surface area contributed by atoms with Crippen LogP contribution in [0, 0.1) is 5.92 Å². The van der Waals surface area contributed by atoms with Crippen molar-refractivity contribution in [1.29, 1.82) is 0 Å². The average molecular weight is 427 g/mol. The van der Waals surface area contributed by atoms with E-state index in [0.717, 1.165) is 18.4 Å². The molecule has 7 heteroatoms. The summed E-state index contributed by atoms with van der Waals surface area (Å²) in [6.07, 6.45) is 3.07. The van der Waals surface area contributed by atoms with Crippen LogP contribution >= 0.6 is 23.2 Å². The predicted molar refractivity (Wildman–Crippen MR) is 111 cm³/mol. The number of halogens is 2. The number of hydrogen-bond acceptors (Lipinski definition) is 3. The molecule has 2 aliphatic rings. The normalized spacial score (nSPS) is 18.1. The minimum atomic E-state index is -0.511. The molecule has 0 aromatic heterocycles. The molecule has 1 aliphatic heterocycles. The third-order valence-corrected chi connectivity index (χ3v) is 5.72. The van der Waals surface area contributed by atoms with Gasteiger partial charge < -0.3 is 14.5 Å². The van der Waals surface area contributed by atoms with Gasteiger partial charge >= 0.3 is 6.09 Å². The molecule has 0 bridgehead atoms. The lowest BCUT2D eigenvalue weighted by molar-refractivity contribution is -0.138. The molecule has 1 aromatic rings. The molecule has 2 amide bonds. The van der Waals surface area contributed by atoms with Crippen molar-refractivity contribution in [3.8, 4) is 0 Å². The summed E-state index contributed by atoms with van der Waals surface area (Å²) in [6, 6.07) is 5.64. The molecule has 0 radical (unpaired) electrons. The van der Waals surface area contributed by atoms with Gasteiger partial charge in [-0.05, 0) is 70.2 Å². The maximum Gasteiger partial charge on any atom is 0.410 e. The van der Waals surface area contributed by atoms with Gasteiger partial charge in [-0.2, -0.15) is 0 Å². The number of amides is 2. The Morgan fingerprint density at radius 2 is 1.79 bits per heavy atom. The van der Waals surface area contributed by atoms with Gasteiger partial charge in [-0.15, -0.1) is 0 Å². The summed E-state index contributed by atoms with van der Waals surface area (Å²) in [5.41, 5.74) is 0.364. The predicted octanol–water partition coefficient (Wildman–Crippen LogP) is 5.13. The van der Waals surface area contributed by atoms with E-state index in [2.05, 4.69) is 0 Å². The van der Waals surface area contributed by atoms with Gasteiger partial charge in [-0.3, -0.25) is 4.79 Å². The topological polar surface area (TPSA) is 49.9 Å². The van der Waals surface area contributed by atoms with Crippen LogP contribution in [-0.4, -0.2) is 46.5 Å². The third kappa shape index (κ3) is 5.54. The lowest BCUT2D eigenvalue weighted by Crippen LogP contribution is -2.46. The highest BCUT2D eigenvalue weighted by atomic mass is 35.5. The van der Waals surface area contributed by atoms with E-state index in [1.165, 1.54) is 0 Å². The molecule has 154 valence electrons. The zero-order valence-corrected chi connectivity index (χ0v) is 18.2. The first-order valence-electron chi connectivity index (χ1n) is 9.86. The molecule has 1 aromatic carbocycles. The second-order valence-electron chi connectivity index (χ2n) is 8.67. The number of ether oxygens (including phenoxy) is 1. The number of hydrogen-bond donors (Lipinski definition) is 0. The summed E-state index contributed by atoms with van der Waals surface area (Å²) in [5, 5.41) is 1.25. The van der Waals surface area contributed by atoms with Gasteiger partial charge in [-0.25, -0.2) is 4.79 Å².